The average Bonchev–Trinajstić information content (AvgIpc) is 3.37. The summed E-state index contributed by atoms with van der Waals surface area (Å²) in [5.74, 6) is -2.53. The smallest absolute Gasteiger partial charge is 0.414 e. The molecule has 2 aromatic rings. The third kappa shape index (κ3) is 8.31. The zero-order valence-electron chi connectivity index (χ0n) is 19.1. The van der Waals surface area contributed by atoms with E-state index in [2.05, 4.69) is 51.5 Å². The first-order chi connectivity index (χ1) is 16.0. The second-order valence-electron chi connectivity index (χ2n) is 8.68. The topological polar surface area (TPSA) is 106 Å². The molecule has 8 nitrogen and oxygen atoms in total. The summed E-state index contributed by atoms with van der Waals surface area (Å²) in [6.45, 7) is 6.84. The summed E-state index contributed by atoms with van der Waals surface area (Å²) in [5.41, 5.74) is 1.42. The fourth-order valence-corrected chi connectivity index (χ4v) is 4.54. The molecule has 3 heterocycles. The second-order valence-corrected chi connectivity index (χ2v) is 8.68. The summed E-state index contributed by atoms with van der Waals surface area (Å²) in [4.78, 5) is 23.4. The van der Waals surface area contributed by atoms with Crippen LogP contribution in [-0.4, -0.2) is 70.7 Å². The van der Waals surface area contributed by atoms with Gasteiger partial charge in [-0.15, -0.1) is 0 Å². The molecule has 33 heavy (non-hydrogen) atoms. The van der Waals surface area contributed by atoms with Crippen LogP contribution in [0, 0.1) is 0 Å². The van der Waals surface area contributed by atoms with E-state index in [1.165, 1.54) is 63.8 Å². The molecule has 1 aromatic heterocycles. The molecule has 2 aliphatic heterocycles. The summed E-state index contributed by atoms with van der Waals surface area (Å²) < 4.78 is 5.78. The number of aliphatic carboxylic acids is 2. The number of benzene rings is 1. The number of carboxylic acid groups (broad SMARTS) is 2. The highest BCUT2D eigenvalue weighted by Gasteiger charge is 2.26. The van der Waals surface area contributed by atoms with Gasteiger partial charge in [-0.1, -0.05) is 36.8 Å². The van der Waals surface area contributed by atoms with Crippen molar-refractivity contribution in [2.75, 3.05) is 32.7 Å². The van der Waals surface area contributed by atoms with Crippen molar-refractivity contribution in [1.29, 1.82) is 0 Å². The van der Waals surface area contributed by atoms with E-state index >= 15 is 0 Å². The van der Waals surface area contributed by atoms with Gasteiger partial charge in [-0.3, -0.25) is 9.80 Å². The fourth-order valence-electron chi connectivity index (χ4n) is 4.54. The summed E-state index contributed by atoms with van der Waals surface area (Å²) in [6.07, 6.45) is 8.28. The lowest BCUT2D eigenvalue weighted by molar-refractivity contribution is -0.159. The van der Waals surface area contributed by atoms with Gasteiger partial charge in [0, 0.05) is 19.1 Å². The monoisotopic (exact) mass is 457 g/mol. The number of rotatable bonds is 7. The van der Waals surface area contributed by atoms with Gasteiger partial charge in [-0.05, 0) is 69.6 Å². The zero-order valence-corrected chi connectivity index (χ0v) is 19.1. The largest absolute Gasteiger partial charge is 0.473 e. The quantitative estimate of drug-likeness (QED) is 0.544. The lowest BCUT2D eigenvalue weighted by atomic mass is 10.0. The Labute approximate surface area is 195 Å². The van der Waals surface area contributed by atoms with E-state index in [0.29, 0.717) is 12.1 Å². The number of piperidine rings is 2. The Bertz CT molecular complexity index is 817. The first-order valence-corrected chi connectivity index (χ1v) is 11.8. The van der Waals surface area contributed by atoms with Gasteiger partial charge >= 0.3 is 11.9 Å². The van der Waals surface area contributed by atoms with Crippen molar-refractivity contribution in [3.8, 4) is 0 Å². The molecule has 2 fully saturated rings. The van der Waals surface area contributed by atoms with Gasteiger partial charge in [0.15, 0.2) is 0 Å². The van der Waals surface area contributed by atoms with Gasteiger partial charge in [0.1, 0.15) is 5.76 Å². The summed E-state index contributed by atoms with van der Waals surface area (Å²) in [5, 5.41) is 18.6. The average molecular weight is 458 g/mol. The number of nitrogens with zero attached hydrogens (tertiary/aromatic N) is 2. The number of furan rings is 1. The van der Waals surface area contributed by atoms with Crippen molar-refractivity contribution in [3.05, 3.63) is 60.1 Å². The number of likely N-dealkylation sites (tertiary alicyclic amines) is 2. The van der Waals surface area contributed by atoms with Crippen LogP contribution in [-0.2, 0) is 16.1 Å². The molecule has 1 atom stereocenters. The molecule has 8 heteroatoms. The van der Waals surface area contributed by atoms with Gasteiger partial charge < -0.3 is 19.9 Å². The Morgan fingerprint density at radius 2 is 1.61 bits per heavy atom. The van der Waals surface area contributed by atoms with Crippen LogP contribution < -0.4 is 5.32 Å². The third-order valence-corrected chi connectivity index (χ3v) is 6.32. The molecular weight excluding hydrogens is 422 g/mol. The van der Waals surface area contributed by atoms with E-state index in [9.17, 15) is 0 Å². The molecule has 0 radical (unpaired) electrons. The Balaban J connectivity index is 0.000000454. The number of nitrogens with one attached hydrogen (secondary N) is 1. The van der Waals surface area contributed by atoms with Crippen molar-refractivity contribution < 1.29 is 24.2 Å². The molecule has 1 unspecified atom stereocenters. The van der Waals surface area contributed by atoms with Crippen molar-refractivity contribution in [3.63, 3.8) is 0 Å². The minimum Gasteiger partial charge on any atom is -0.473 e. The molecule has 4 rings (SSSR count). The molecule has 0 spiro atoms. The van der Waals surface area contributed by atoms with Gasteiger partial charge in [-0.2, -0.15) is 0 Å². The van der Waals surface area contributed by atoms with E-state index in [0.717, 1.165) is 18.8 Å². The van der Waals surface area contributed by atoms with Crippen molar-refractivity contribution in [2.45, 2.75) is 50.7 Å². The standard InChI is InChI=1S/C23H33N3O.C2H2O4/c1-3-8-20(9-4-1)19-25-15-11-21(12-16-25)24-18-22(23-10-7-17-27-23)26-13-5-2-6-14-26;3-1(4)2(5)6/h1,3-4,7-10,17,21-22,24H,2,5-6,11-16,18-19H2;(H,3,4)(H,5,6). The van der Waals surface area contributed by atoms with E-state index in [1.54, 1.807) is 0 Å². The Kier molecular flexibility index (Phi) is 9.93. The van der Waals surface area contributed by atoms with E-state index in [1.807, 2.05) is 12.3 Å². The second kappa shape index (κ2) is 13.1. The Hall–Kier alpha value is -2.68. The minimum atomic E-state index is -1.82. The highest BCUT2D eigenvalue weighted by Crippen LogP contribution is 2.25. The van der Waals surface area contributed by atoms with Crippen LogP contribution in [0.3, 0.4) is 0 Å². The molecular formula is C25H35N3O5. The Morgan fingerprint density at radius 1 is 0.939 bits per heavy atom. The van der Waals surface area contributed by atoms with Crippen LogP contribution in [0.15, 0.2) is 53.1 Å². The summed E-state index contributed by atoms with van der Waals surface area (Å²) >= 11 is 0. The van der Waals surface area contributed by atoms with Crippen LogP contribution >= 0.6 is 0 Å². The molecule has 2 aliphatic rings. The predicted octanol–water partition coefficient (Wildman–Crippen LogP) is 3.22. The van der Waals surface area contributed by atoms with Crippen LogP contribution in [0.4, 0.5) is 0 Å². The zero-order chi connectivity index (χ0) is 23.5. The minimum absolute atomic E-state index is 0.377. The predicted molar refractivity (Wildman–Crippen MR) is 125 cm³/mol. The van der Waals surface area contributed by atoms with E-state index in [-0.39, 0.29) is 0 Å². The van der Waals surface area contributed by atoms with Gasteiger partial charge in [0.05, 0.1) is 12.3 Å². The van der Waals surface area contributed by atoms with Gasteiger partial charge in [-0.25, -0.2) is 9.59 Å². The maximum Gasteiger partial charge on any atom is 0.414 e. The van der Waals surface area contributed by atoms with Crippen molar-refractivity contribution >= 4 is 11.9 Å². The molecule has 0 saturated carbocycles. The van der Waals surface area contributed by atoms with Crippen molar-refractivity contribution in [1.82, 2.24) is 15.1 Å². The number of hydrogen-bond acceptors (Lipinski definition) is 6. The molecule has 2 saturated heterocycles. The normalized spacial score (nSPS) is 18.8. The van der Waals surface area contributed by atoms with Crippen LogP contribution in [0.5, 0.6) is 0 Å². The fraction of sp³-hybridized carbons (Fsp3) is 0.520. The molecule has 0 amide bonds. The highest BCUT2D eigenvalue weighted by molar-refractivity contribution is 6.27. The van der Waals surface area contributed by atoms with Crippen molar-refractivity contribution in [2.24, 2.45) is 0 Å². The van der Waals surface area contributed by atoms with E-state index in [4.69, 9.17) is 24.2 Å². The maximum atomic E-state index is 9.10. The third-order valence-electron chi connectivity index (χ3n) is 6.32. The van der Waals surface area contributed by atoms with Crippen LogP contribution in [0.1, 0.15) is 49.5 Å². The van der Waals surface area contributed by atoms with Gasteiger partial charge in [0.2, 0.25) is 0 Å². The summed E-state index contributed by atoms with van der Waals surface area (Å²) in [7, 11) is 0. The summed E-state index contributed by atoms with van der Waals surface area (Å²) in [6, 6.07) is 16.0. The first-order valence-electron chi connectivity index (χ1n) is 11.8. The Morgan fingerprint density at radius 3 is 2.18 bits per heavy atom. The molecule has 0 aliphatic carbocycles. The molecule has 180 valence electrons. The first kappa shape index (κ1) is 25.0. The van der Waals surface area contributed by atoms with Crippen LogP contribution in [0.25, 0.3) is 0 Å². The van der Waals surface area contributed by atoms with Crippen LogP contribution in [0.2, 0.25) is 0 Å². The molecule has 0 bridgehead atoms. The molecule has 3 N–H and O–H groups in total. The number of carbonyl (C=O) groups is 2. The van der Waals surface area contributed by atoms with E-state index < -0.39 is 11.9 Å². The lowest BCUT2D eigenvalue weighted by Crippen LogP contribution is -2.46. The van der Waals surface area contributed by atoms with Gasteiger partial charge in [0.25, 0.3) is 0 Å². The highest BCUT2D eigenvalue weighted by atomic mass is 16.4. The number of hydrogen-bond donors (Lipinski definition) is 3. The maximum absolute atomic E-state index is 9.10. The lowest BCUT2D eigenvalue weighted by Gasteiger charge is -2.36. The SMILES string of the molecule is O=C(O)C(=O)O.c1ccc(CN2CCC(NCC(c3ccco3)N3CCCCC3)CC2)cc1. The molecule has 1 aromatic carbocycles. The number of carboxylic acids is 2.